The number of carbonyl (C=O) groups is 1. The van der Waals surface area contributed by atoms with E-state index < -0.39 is 0 Å². The summed E-state index contributed by atoms with van der Waals surface area (Å²) in [5.41, 5.74) is 3.96. The maximum absolute atomic E-state index is 8.36. The van der Waals surface area contributed by atoms with Crippen LogP contribution in [0.15, 0.2) is 48.1 Å². The minimum Gasteiger partial charge on any atom is -0.483 e. The van der Waals surface area contributed by atoms with Crippen LogP contribution in [0.1, 0.15) is 34.7 Å². The van der Waals surface area contributed by atoms with E-state index in [0.717, 1.165) is 37.5 Å². The molecule has 142 valence electrons. The van der Waals surface area contributed by atoms with Gasteiger partial charge in [-0.1, -0.05) is 30.3 Å². The Labute approximate surface area is 162 Å². The molecule has 1 aliphatic rings. The highest BCUT2D eigenvalue weighted by Gasteiger charge is 2.39. The number of nitrogens with zero attached hydrogens (tertiary/aromatic N) is 3. The van der Waals surface area contributed by atoms with Crippen LogP contribution >= 0.6 is 11.3 Å². The van der Waals surface area contributed by atoms with E-state index in [1.165, 1.54) is 16.8 Å². The summed E-state index contributed by atoms with van der Waals surface area (Å²) in [7, 11) is 0. The topological polar surface area (TPSA) is 82.1 Å². The highest BCUT2D eigenvalue weighted by atomic mass is 32.1. The predicted molar refractivity (Wildman–Crippen MR) is 106 cm³/mol. The number of aromatic amines is 1. The number of nitrogens with one attached hydrogen (secondary N) is 1. The molecule has 4 rings (SSSR count). The van der Waals surface area contributed by atoms with Crippen LogP contribution < -0.4 is 0 Å². The minimum atomic E-state index is -0.250. The monoisotopic (exact) mass is 384 g/mol. The summed E-state index contributed by atoms with van der Waals surface area (Å²) in [5.74, 6) is 0. The number of thiazole rings is 1. The smallest absolute Gasteiger partial charge is 0.290 e. The fraction of sp³-hybridized carbons (Fsp3) is 0.350. The van der Waals surface area contributed by atoms with Crippen molar-refractivity contribution < 1.29 is 9.90 Å². The minimum absolute atomic E-state index is 0.0545. The van der Waals surface area contributed by atoms with Crippen LogP contribution in [0.3, 0.4) is 0 Å². The lowest BCUT2D eigenvalue weighted by Crippen LogP contribution is -2.43. The van der Waals surface area contributed by atoms with Crippen molar-refractivity contribution in [2.45, 2.75) is 31.7 Å². The molecule has 27 heavy (non-hydrogen) atoms. The molecule has 0 saturated carbocycles. The van der Waals surface area contributed by atoms with Crippen molar-refractivity contribution in [2.24, 2.45) is 0 Å². The summed E-state index contributed by atoms with van der Waals surface area (Å²) in [6.45, 7) is 4.98. The average Bonchev–Trinajstić information content (AvgIpc) is 3.36. The van der Waals surface area contributed by atoms with Gasteiger partial charge in [0.25, 0.3) is 6.47 Å². The molecule has 2 N–H and O–H groups in total. The lowest BCUT2D eigenvalue weighted by Gasteiger charge is -2.41. The molecule has 0 atom stereocenters. The van der Waals surface area contributed by atoms with Crippen molar-refractivity contribution in [3.05, 3.63) is 69.9 Å². The summed E-state index contributed by atoms with van der Waals surface area (Å²) in [4.78, 5) is 15.7. The van der Waals surface area contributed by atoms with Crippen molar-refractivity contribution in [3.8, 4) is 0 Å². The first-order valence-corrected chi connectivity index (χ1v) is 9.82. The van der Waals surface area contributed by atoms with E-state index in [2.05, 4.69) is 57.7 Å². The van der Waals surface area contributed by atoms with Crippen molar-refractivity contribution in [1.82, 2.24) is 20.1 Å². The van der Waals surface area contributed by atoms with Crippen molar-refractivity contribution >= 4 is 17.8 Å². The largest absolute Gasteiger partial charge is 0.483 e. The van der Waals surface area contributed by atoms with Crippen molar-refractivity contribution in [3.63, 3.8) is 0 Å². The molecule has 1 aromatic carbocycles. The van der Waals surface area contributed by atoms with E-state index in [0.29, 0.717) is 0 Å². The molecular weight excluding hydrogens is 360 g/mol. The molecule has 3 heterocycles. The number of aryl methyl sites for hydroxylation is 1. The summed E-state index contributed by atoms with van der Waals surface area (Å²) in [6, 6.07) is 10.9. The molecule has 2 aromatic heterocycles. The van der Waals surface area contributed by atoms with Gasteiger partial charge in [-0.3, -0.25) is 14.8 Å². The zero-order valence-corrected chi connectivity index (χ0v) is 16.2. The predicted octanol–water partition coefficient (Wildman–Crippen LogP) is 3.46. The number of aromatic nitrogens is 3. The van der Waals surface area contributed by atoms with Gasteiger partial charge in [0.2, 0.25) is 0 Å². The lowest BCUT2D eigenvalue weighted by atomic mass is 9.70. The van der Waals surface area contributed by atoms with Crippen LogP contribution in [-0.2, 0) is 16.8 Å². The van der Waals surface area contributed by atoms with Gasteiger partial charge in [-0.05, 0) is 38.4 Å². The van der Waals surface area contributed by atoms with E-state index in [4.69, 9.17) is 14.9 Å². The molecule has 1 aliphatic heterocycles. The molecule has 0 aliphatic carbocycles. The summed E-state index contributed by atoms with van der Waals surface area (Å²) >= 11 is 1.76. The number of hydrogen-bond donors (Lipinski definition) is 2. The molecule has 0 bridgehead atoms. The standard InChI is InChI=1S/C19H22N4S.CH2O2/c1-15-22-18(14-24-15)19(17-5-3-2-4-6-17)7-9-23(10-8-19)13-16-11-20-21-12-16;2-1-3/h2-6,11-12,14H,7-10,13H2,1H3,(H,20,21);1H,(H,2,3). The van der Waals surface area contributed by atoms with Gasteiger partial charge in [-0.25, -0.2) is 4.98 Å². The van der Waals surface area contributed by atoms with Gasteiger partial charge in [0.1, 0.15) is 0 Å². The highest BCUT2D eigenvalue weighted by Crippen LogP contribution is 2.42. The Hall–Kier alpha value is -2.51. The van der Waals surface area contributed by atoms with Gasteiger partial charge in [0, 0.05) is 29.1 Å². The fourth-order valence-electron chi connectivity index (χ4n) is 3.75. The number of hydrogen-bond acceptors (Lipinski definition) is 5. The molecule has 1 saturated heterocycles. The van der Waals surface area contributed by atoms with E-state index in [1.54, 1.807) is 11.3 Å². The van der Waals surface area contributed by atoms with Crippen molar-refractivity contribution in [1.29, 1.82) is 0 Å². The normalized spacial score (nSPS) is 16.3. The Morgan fingerprint density at radius 3 is 2.56 bits per heavy atom. The first-order chi connectivity index (χ1) is 13.2. The van der Waals surface area contributed by atoms with E-state index in [1.807, 2.05) is 12.4 Å². The molecule has 0 amide bonds. The Bertz CT molecular complexity index is 825. The van der Waals surface area contributed by atoms with Gasteiger partial charge >= 0.3 is 0 Å². The molecule has 3 aromatic rings. The maximum atomic E-state index is 8.36. The highest BCUT2D eigenvalue weighted by molar-refractivity contribution is 7.09. The molecular formula is C20H24N4O2S. The van der Waals surface area contributed by atoms with Crippen LogP contribution in [0.25, 0.3) is 0 Å². The number of carboxylic acid groups (broad SMARTS) is 1. The molecule has 0 unspecified atom stereocenters. The second-order valence-corrected chi connectivity index (χ2v) is 7.75. The maximum Gasteiger partial charge on any atom is 0.290 e. The third-order valence-electron chi connectivity index (χ3n) is 5.11. The van der Waals surface area contributed by atoms with Crippen LogP contribution in [0.4, 0.5) is 0 Å². The Morgan fingerprint density at radius 1 is 1.30 bits per heavy atom. The zero-order valence-electron chi connectivity index (χ0n) is 15.3. The van der Waals surface area contributed by atoms with Crippen LogP contribution in [-0.4, -0.2) is 44.7 Å². The zero-order chi connectivity index (χ0) is 19.1. The number of piperidine rings is 1. The van der Waals surface area contributed by atoms with Gasteiger partial charge in [0.05, 0.1) is 16.9 Å². The Kier molecular flexibility index (Phi) is 6.36. The summed E-state index contributed by atoms with van der Waals surface area (Å²) < 4.78 is 0. The summed E-state index contributed by atoms with van der Waals surface area (Å²) in [5, 5.41) is 17.3. The van der Waals surface area contributed by atoms with Crippen molar-refractivity contribution in [2.75, 3.05) is 13.1 Å². The van der Waals surface area contributed by atoms with Crippen LogP contribution in [0, 0.1) is 6.92 Å². The Balaban J connectivity index is 0.000000659. The van der Waals surface area contributed by atoms with E-state index in [-0.39, 0.29) is 11.9 Å². The number of rotatable bonds is 4. The quantitative estimate of drug-likeness (QED) is 0.673. The molecule has 7 heteroatoms. The first kappa shape index (κ1) is 19.3. The second kappa shape index (κ2) is 8.92. The first-order valence-electron chi connectivity index (χ1n) is 8.94. The van der Waals surface area contributed by atoms with Gasteiger partial charge in [-0.15, -0.1) is 11.3 Å². The fourth-order valence-corrected chi connectivity index (χ4v) is 4.46. The number of H-pyrrole nitrogens is 1. The SMILES string of the molecule is Cc1nc(C2(c3ccccc3)CCN(Cc3cn[nH]c3)CC2)cs1.O=CO. The number of benzene rings is 1. The second-order valence-electron chi connectivity index (χ2n) is 6.69. The molecule has 0 spiro atoms. The van der Waals surface area contributed by atoms with Gasteiger partial charge in [0.15, 0.2) is 0 Å². The molecule has 1 fully saturated rings. The third-order valence-corrected chi connectivity index (χ3v) is 5.88. The molecule has 6 nitrogen and oxygen atoms in total. The van der Waals surface area contributed by atoms with Crippen LogP contribution in [0.2, 0.25) is 0 Å². The Morgan fingerprint density at radius 2 is 2.00 bits per heavy atom. The van der Waals surface area contributed by atoms with Gasteiger partial charge in [-0.2, -0.15) is 5.10 Å². The summed E-state index contributed by atoms with van der Waals surface area (Å²) in [6.07, 6.45) is 6.13. The molecule has 0 radical (unpaired) electrons. The van der Waals surface area contributed by atoms with E-state index >= 15 is 0 Å². The number of likely N-dealkylation sites (tertiary alicyclic amines) is 1. The average molecular weight is 385 g/mol. The van der Waals surface area contributed by atoms with Gasteiger partial charge < -0.3 is 5.11 Å². The third kappa shape index (κ3) is 4.43. The lowest BCUT2D eigenvalue weighted by molar-refractivity contribution is -0.122. The van der Waals surface area contributed by atoms with Crippen LogP contribution in [0.5, 0.6) is 0 Å². The van der Waals surface area contributed by atoms with E-state index in [9.17, 15) is 0 Å².